The van der Waals surface area contributed by atoms with Gasteiger partial charge in [-0.2, -0.15) is 0 Å². The van der Waals surface area contributed by atoms with E-state index in [4.69, 9.17) is 9.47 Å². The average Bonchev–Trinajstić information content (AvgIpc) is 2.88. The zero-order valence-electron chi connectivity index (χ0n) is 14.0. The fourth-order valence-corrected chi connectivity index (χ4v) is 5.75. The summed E-state index contributed by atoms with van der Waals surface area (Å²) in [5.74, 6) is 2.12. The zero-order valence-corrected chi connectivity index (χ0v) is 14.0. The van der Waals surface area contributed by atoms with Crippen molar-refractivity contribution in [2.45, 2.75) is 36.5 Å². The molecule has 5 rings (SSSR count). The first kappa shape index (κ1) is 13.9. The number of aliphatic hydroxyl groups is 1. The highest BCUT2D eigenvalue weighted by Gasteiger charge is 2.67. The van der Waals surface area contributed by atoms with Gasteiger partial charge in [0.1, 0.15) is 18.2 Å². The SMILES string of the molecule is COc1ccc2c3c1O[C@@H]1[C@H](O)C=C[C@@H]4[C@@H](C2)[N+](C)(C)CC[C@@]341. The molecule has 1 saturated heterocycles. The van der Waals surface area contributed by atoms with Gasteiger partial charge in [-0.25, -0.2) is 0 Å². The molecule has 0 amide bonds. The molecule has 23 heavy (non-hydrogen) atoms. The fraction of sp³-hybridized carbons (Fsp3) is 0.579. The number of likely N-dealkylation sites (N-methyl/N-ethyl adjacent to an activating group) is 1. The molecule has 122 valence electrons. The van der Waals surface area contributed by atoms with Crippen LogP contribution in [-0.4, -0.2) is 55.6 Å². The number of likely N-dealkylation sites (tertiary alicyclic amines) is 1. The van der Waals surface area contributed by atoms with Crippen LogP contribution in [-0.2, 0) is 11.8 Å². The van der Waals surface area contributed by atoms with E-state index in [9.17, 15) is 5.11 Å². The maximum absolute atomic E-state index is 10.6. The van der Waals surface area contributed by atoms with E-state index in [-0.39, 0.29) is 11.5 Å². The smallest absolute Gasteiger partial charge is 0.165 e. The minimum Gasteiger partial charge on any atom is -0.493 e. The number of rotatable bonds is 1. The highest BCUT2D eigenvalue weighted by molar-refractivity contribution is 5.61. The summed E-state index contributed by atoms with van der Waals surface area (Å²) in [5.41, 5.74) is 2.63. The molecule has 0 unspecified atom stereocenters. The van der Waals surface area contributed by atoms with Gasteiger partial charge in [0.15, 0.2) is 11.5 Å². The maximum Gasteiger partial charge on any atom is 0.165 e. The van der Waals surface area contributed by atoms with Crippen LogP contribution in [0.15, 0.2) is 24.3 Å². The molecule has 5 atom stereocenters. The van der Waals surface area contributed by atoms with Crippen molar-refractivity contribution in [2.75, 3.05) is 27.7 Å². The first-order chi connectivity index (χ1) is 11.0. The Morgan fingerprint density at radius 3 is 2.91 bits per heavy atom. The molecule has 1 fully saturated rings. The van der Waals surface area contributed by atoms with Crippen LogP contribution in [0.1, 0.15) is 17.5 Å². The molecule has 2 aliphatic carbocycles. The van der Waals surface area contributed by atoms with Crippen molar-refractivity contribution >= 4 is 0 Å². The quantitative estimate of drug-likeness (QED) is 0.633. The number of piperidine rings is 1. The van der Waals surface area contributed by atoms with E-state index in [1.807, 2.05) is 12.1 Å². The van der Waals surface area contributed by atoms with Crippen LogP contribution >= 0.6 is 0 Å². The third-order valence-corrected chi connectivity index (χ3v) is 6.91. The molecule has 1 aromatic carbocycles. The van der Waals surface area contributed by atoms with Crippen molar-refractivity contribution in [3.05, 3.63) is 35.4 Å². The number of quaternary nitrogens is 1. The molecular formula is C19H24NO3+. The standard InChI is InChI=1S/C19H24NO3/c1-20(2)9-8-19-12-5-6-14(21)18(19)23-17-15(22-3)7-4-11(16(17)19)10-13(12)20/h4-7,12-14,18,21H,8-10H2,1-3H3/q+1/t12-,13-,14-,18-,19+/m1/s1. The molecule has 4 heteroatoms. The largest absolute Gasteiger partial charge is 0.493 e. The predicted octanol–water partition coefficient (Wildman–Crippen LogP) is 1.65. The van der Waals surface area contributed by atoms with E-state index in [1.54, 1.807) is 7.11 Å². The summed E-state index contributed by atoms with van der Waals surface area (Å²) in [4.78, 5) is 0. The minimum atomic E-state index is -0.538. The van der Waals surface area contributed by atoms with Gasteiger partial charge >= 0.3 is 0 Å². The summed E-state index contributed by atoms with van der Waals surface area (Å²) in [6.07, 6.45) is 5.64. The summed E-state index contributed by atoms with van der Waals surface area (Å²) in [5, 5.41) is 10.6. The van der Waals surface area contributed by atoms with Crippen molar-refractivity contribution in [1.82, 2.24) is 0 Å². The Hall–Kier alpha value is -1.52. The fourth-order valence-electron chi connectivity index (χ4n) is 5.75. The summed E-state index contributed by atoms with van der Waals surface area (Å²) >= 11 is 0. The Morgan fingerprint density at radius 1 is 1.30 bits per heavy atom. The first-order valence-electron chi connectivity index (χ1n) is 8.55. The van der Waals surface area contributed by atoms with Crippen molar-refractivity contribution < 1.29 is 19.1 Å². The number of methoxy groups -OCH3 is 1. The van der Waals surface area contributed by atoms with Gasteiger partial charge in [0, 0.05) is 24.3 Å². The van der Waals surface area contributed by atoms with E-state index < -0.39 is 6.10 Å². The van der Waals surface area contributed by atoms with Gasteiger partial charge in [-0.1, -0.05) is 18.2 Å². The second kappa shape index (κ2) is 4.11. The second-order valence-corrected chi connectivity index (χ2v) is 8.13. The van der Waals surface area contributed by atoms with Gasteiger partial charge in [0.05, 0.1) is 33.2 Å². The number of ether oxygens (including phenoxy) is 2. The molecule has 2 heterocycles. The Labute approximate surface area is 136 Å². The van der Waals surface area contributed by atoms with Crippen LogP contribution in [0.2, 0.25) is 0 Å². The number of aliphatic hydroxyl groups excluding tert-OH is 1. The minimum absolute atomic E-state index is 0.0793. The van der Waals surface area contributed by atoms with Crippen LogP contribution in [0.3, 0.4) is 0 Å². The van der Waals surface area contributed by atoms with E-state index in [0.29, 0.717) is 12.0 Å². The van der Waals surface area contributed by atoms with Crippen LogP contribution in [0.5, 0.6) is 11.5 Å². The number of nitrogens with zero attached hydrogens (tertiary/aromatic N) is 1. The lowest BCUT2D eigenvalue weighted by atomic mass is 9.53. The van der Waals surface area contributed by atoms with Gasteiger partial charge in [0.2, 0.25) is 0 Å². The van der Waals surface area contributed by atoms with Gasteiger partial charge in [-0.05, 0) is 11.6 Å². The Morgan fingerprint density at radius 2 is 2.13 bits per heavy atom. The van der Waals surface area contributed by atoms with Gasteiger partial charge in [-0.3, -0.25) is 0 Å². The second-order valence-electron chi connectivity index (χ2n) is 8.13. The number of hydrogen-bond acceptors (Lipinski definition) is 3. The van der Waals surface area contributed by atoms with Crippen molar-refractivity contribution in [2.24, 2.45) is 5.92 Å². The molecule has 0 aromatic heterocycles. The lowest BCUT2D eigenvalue weighted by Crippen LogP contribution is -2.70. The molecule has 1 aromatic rings. The third kappa shape index (κ3) is 1.45. The third-order valence-electron chi connectivity index (χ3n) is 6.91. The van der Waals surface area contributed by atoms with E-state index in [0.717, 1.165) is 35.4 Å². The Balaban J connectivity index is 1.82. The monoisotopic (exact) mass is 314 g/mol. The van der Waals surface area contributed by atoms with Crippen LogP contribution in [0, 0.1) is 5.92 Å². The summed E-state index contributed by atoms with van der Waals surface area (Å²) < 4.78 is 12.9. The highest BCUT2D eigenvalue weighted by Crippen LogP contribution is 2.63. The highest BCUT2D eigenvalue weighted by atomic mass is 16.5. The molecule has 2 aliphatic heterocycles. The topological polar surface area (TPSA) is 38.7 Å². The molecule has 4 aliphatic rings. The molecule has 1 N–H and O–H groups in total. The molecular weight excluding hydrogens is 290 g/mol. The molecule has 1 spiro atoms. The molecule has 0 radical (unpaired) electrons. The van der Waals surface area contributed by atoms with Crippen LogP contribution in [0.25, 0.3) is 0 Å². The predicted molar refractivity (Wildman–Crippen MR) is 86.8 cm³/mol. The van der Waals surface area contributed by atoms with Crippen LogP contribution < -0.4 is 9.47 Å². The van der Waals surface area contributed by atoms with Crippen molar-refractivity contribution in [1.29, 1.82) is 0 Å². The maximum atomic E-state index is 10.6. The van der Waals surface area contributed by atoms with Crippen molar-refractivity contribution in [3.63, 3.8) is 0 Å². The Kier molecular flexibility index (Phi) is 2.48. The summed E-state index contributed by atoms with van der Waals surface area (Å²) in [6, 6.07) is 4.79. The first-order valence-corrected chi connectivity index (χ1v) is 8.55. The average molecular weight is 314 g/mol. The van der Waals surface area contributed by atoms with Crippen LogP contribution in [0.4, 0.5) is 0 Å². The summed E-state index contributed by atoms with van der Waals surface area (Å²) in [6.45, 7) is 1.12. The van der Waals surface area contributed by atoms with Gasteiger partial charge in [0.25, 0.3) is 0 Å². The Bertz CT molecular complexity index is 726. The normalized spacial score (nSPS) is 41.2. The molecule has 2 bridgehead atoms. The van der Waals surface area contributed by atoms with Gasteiger partial charge < -0.3 is 19.1 Å². The summed E-state index contributed by atoms with van der Waals surface area (Å²) in [7, 11) is 6.38. The van der Waals surface area contributed by atoms with E-state index >= 15 is 0 Å². The van der Waals surface area contributed by atoms with Gasteiger partial charge in [-0.15, -0.1) is 0 Å². The number of benzene rings is 1. The zero-order chi connectivity index (χ0) is 16.0. The number of hydrogen-bond donors (Lipinski definition) is 1. The molecule has 4 nitrogen and oxygen atoms in total. The lowest BCUT2D eigenvalue weighted by Gasteiger charge is -2.58. The van der Waals surface area contributed by atoms with E-state index in [2.05, 4.69) is 26.2 Å². The lowest BCUT2D eigenvalue weighted by molar-refractivity contribution is -0.926. The molecule has 0 saturated carbocycles. The van der Waals surface area contributed by atoms with E-state index in [1.165, 1.54) is 11.1 Å². The van der Waals surface area contributed by atoms with Crippen molar-refractivity contribution in [3.8, 4) is 11.5 Å².